The molecule has 0 atom stereocenters. The number of benzene rings is 1. The monoisotopic (exact) mass is 247 g/mol. The molecule has 0 amide bonds. The molecule has 0 radical (unpaired) electrons. The summed E-state index contributed by atoms with van der Waals surface area (Å²) in [6.45, 7) is 6.63. The van der Waals surface area contributed by atoms with Gasteiger partial charge in [0.25, 0.3) is 0 Å². The third kappa shape index (κ3) is 2.84. The first-order valence-corrected chi connectivity index (χ1v) is 6.66. The SMILES string of the molecule is CC(C)C1CCN(c2cccc(C(=O)O)c2)CC1. The third-order valence-corrected chi connectivity index (χ3v) is 3.94. The minimum atomic E-state index is -0.853. The first-order valence-electron chi connectivity index (χ1n) is 6.66. The highest BCUT2D eigenvalue weighted by molar-refractivity contribution is 5.88. The van der Waals surface area contributed by atoms with Crippen molar-refractivity contribution >= 4 is 11.7 Å². The Kier molecular flexibility index (Phi) is 3.90. The van der Waals surface area contributed by atoms with Crippen LogP contribution in [0.3, 0.4) is 0 Å². The third-order valence-electron chi connectivity index (χ3n) is 3.94. The molecule has 0 bridgehead atoms. The van der Waals surface area contributed by atoms with Crippen LogP contribution in [0, 0.1) is 11.8 Å². The summed E-state index contributed by atoms with van der Waals surface area (Å²) >= 11 is 0. The number of rotatable bonds is 3. The Morgan fingerprint density at radius 1 is 1.33 bits per heavy atom. The number of hydrogen-bond donors (Lipinski definition) is 1. The molecule has 3 heteroatoms. The minimum absolute atomic E-state index is 0.374. The van der Waals surface area contributed by atoms with Crippen LogP contribution in [0.5, 0.6) is 0 Å². The lowest BCUT2D eigenvalue weighted by Gasteiger charge is -2.35. The van der Waals surface area contributed by atoms with Gasteiger partial charge in [0.15, 0.2) is 0 Å². The zero-order valence-corrected chi connectivity index (χ0v) is 11.1. The number of carboxylic acid groups (broad SMARTS) is 1. The van der Waals surface area contributed by atoms with Crippen molar-refractivity contribution in [2.24, 2.45) is 11.8 Å². The maximum atomic E-state index is 11.0. The average molecular weight is 247 g/mol. The summed E-state index contributed by atoms with van der Waals surface area (Å²) in [7, 11) is 0. The second-order valence-corrected chi connectivity index (χ2v) is 5.42. The van der Waals surface area contributed by atoms with Gasteiger partial charge in [-0.2, -0.15) is 0 Å². The predicted molar refractivity (Wildman–Crippen MR) is 73.2 cm³/mol. The van der Waals surface area contributed by atoms with Crippen LogP contribution in [0.2, 0.25) is 0 Å². The Hall–Kier alpha value is -1.51. The van der Waals surface area contributed by atoms with Crippen molar-refractivity contribution < 1.29 is 9.90 Å². The molecule has 1 saturated heterocycles. The van der Waals surface area contributed by atoms with Crippen molar-refractivity contribution in [3.8, 4) is 0 Å². The van der Waals surface area contributed by atoms with Gasteiger partial charge in [-0.3, -0.25) is 0 Å². The molecule has 1 aromatic carbocycles. The zero-order valence-electron chi connectivity index (χ0n) is 11.1. The van der Waals surface area contributed by atoms with E-state index in [2.05, 4.69) is 18.7 Å². The van der Waals surface area contributed by atoms with Gasteiger partial charge in [0.05, 0.1) is 5.56 Å². The molecular formula is C15H21NO2. The van der Waals surface area contributed by atoms with Crippen LogP contribution in [0.25, 0.3) is 0 Å². The first-order chi connectivity index (χ1) is 8.58. The lowest BCUT2D eigenvalue weighted by molar-refractivity contribution is 0.0697. The fraction of sp³-hybridized carbons (Fsp3) is 0.533. The fourth-order valence-corrected chi connectivity index (χ4v) is 2.66. The molecule has 3 nitrogen and oxygen atoms in total. The summed E-state index contributed by atoms with van der Waals surface area (Å²) in [5.41, 5.74) is 1.41. The van der Waals surface area contributed by atoms with Crippen LogP contribution in [-0.2, 0) is 0 Å². The molecule has 1 N–H and O–H groups in total. The molecule has 1 aliphatic rings. The van der Waals surface area contributed by atoms with Gasteiger partial charge in [0.2, 0.25) is 0 Å². The lowest BCUT2D eigenvalue weighted by atomic mass is 9.86. The van der Waals surface area contributed by atoms with Gasteiger partial charge in [-0.1, -0.05) is 19.9 Å². The number of nitrogens with zero attached hydrogens (tertiary/aromatic N) is 1. The summed E-state index contributed by atoms with van der Waals surface area (Å²) < 4.78 is 0. The van der Waals surface area contributed by atoms with Gasteiger partial charge >= 0.3 is 5.97 Å². The van der Waals surface area contributed by atoms with Gasteiger partial charge in [0, 0.05) is 18.8 Å². The van der Waals surface area contributed by atoms with Gasteiger partial charge < -0.3 is 10.0 Å². The van der Waals surface area contributed by atoms with Gasteiger partial charge in [-0.25, -0.2) is 4.79 Å². The molecule has 1 aliphatic heterocycles. The van der Waals surface area contributed by atoms with Gasteiger partial charge in [0.1, 0.15) is 0 Å². The molecule has 0 aromatic heterocycles. The van der Waals surface area contributed by atoms with Crippen LogP contribution in [0.4, 0.5) is 5.69 Å². The molecule has 0 saturated carbocycles. The van der Waals surface area contributed by atoms with Gasteiger partial charge in [-0.05, 0) is 42.9 Å². The maximum absolute atomic E-state index is 11.0. The summed E-state index contributed by atoms with van der Waals surface area (Å²) in [4.78, 5) is 13.3. The molecule has 1 heterocycles. The van der Waals surface area contributed by atoms with E-state index in [1.165, 1.54) is 12.8 Å². The maximum Gasteiger partial charge on any atom is 0.335 e. The Balaban J connectivity index is 2.05. The zero-order chi connectivity index (χ0) is 13.1. The number of carboxylic acids is 1. The van der Waals surface area contributed by atoms with Crippen LogP contribution in [-0.4, -0.2) is 24.2 Å². The van der Waals surface area contributed by atoms with E-state index in [0.29, 0.717) is 5.56 Å². The van der Waals surface area contributed by atoms with Crippen LogP contribution in [0.15, 0.2) is 24.3 Å². The normalized spacial score (nSPS) is 17.2. The van der Waals surface area contributed by atoms with E-state index in [4.69, 9.17) is 5.11 Å². The predicted octanol–water partition coefficient (Wildman–Crippen LogP) is 3.26. The van der Waals surface area contributed by atoms with Gasteiger partial charge in [-0.15, -0.1) is 0 Å². The smallest absolute Gasteiger partial charge is 0.335 e. The van der Waals surface area contributed by atoms with Crippen molar-refractivity contribution in [3.05, 3.63) is 29.8 Å². The highest BCUT2D eigenvalue weighted by atomic mass is 16.4. The molecular weight excluding hydrogens is 226 g/mol. The van der Waals surface area contributed by atoms with E-state index >= 15 is 0 Å². The van der Waals surface area contributed by atoms with E-state index < -0.39 is 5.97 Å². The van der Waals surface area contributed by atoms with Crippen molar-refractivity contribution in [2.45, 2.75) is 26.7 Å². The molecule has 0 unspecified atom stereocenters. The second kappa shape index (κ2) is 5.42. The molecule has 1 fully saturated rings. The van der Waals surface area contributed by atoms with Crippen LogP contribution in [0.1, 0.15) is 37.0 Å². The number of anilines is 1. The summed E-state index contributed by atoms with van der Waals surface area (Å²) in [5.74, 6) is 0.704. The van der Waals surface area contributed by atoms with Crippen molar-refractivity contribution in [1.82, 2.24) is 0 Å². The quantitative estimate of drug-likeness (QED) is 0.891. The highest BCUT2D eigenvalue weighted by Gasteiger charge is 2.21. The Morgan fingerprint density at radius 3 is 2.56 bits per heavy atom. The average Bonchev–Trinajstić information content (AvgIpc) is 2.39. The first kappa shape index (κ1) is 12.9. The van der Waals surface area contributed by atoms with E-state index in [9.17, 15) is 4.79 Å². The Morgan fingerprint density at radius 2 is 2.00 bits per heavy atom. The van der Waals surface area contributed by atoms with E-state index in [-0.39, 0.29) is 0 Å². The molecule has 2 rings (SSSR count). The largest absolute Gasteiger partial charge is 0.478 e. The number of hydrogen-bond acceptors (Lipinski definition) is 2. The Bertz CT molecular complexity index is 420. The number of carbonyl (C=O) groups is 1. The lowest BCUT2D eigenvalue weighted by Crippen LogP contribution is -2.35. The minimum Gasteiger partial charge on any atom is -0.478 e. The van der Waals surface area contributed by atoms with E-state index in [0.717, 1.165) is 30.6 Å². The van der Waals surface area contributed by atoms with Crippen LogP contribution >= 0.6 is 0 Å². The number of piperidine rings is 1. The Labute approximate surface area is 108 Å². The number of aromatic carboxylic acids is 1. The molecule has 0 aliphatic carbocycles. The molecule has 18 heavy (non-hydrogen) atoms. The van der Waals surface area contributed by atoms with Crippen molar-refractivity contribution in [1.29, 1.82) is 0 Å². The summed E-state index contributed by atoms with van der Waals surface area (Å²) in [6, 6.07) is 7.25. The summed E-state index contributed by atoms with van der Waals surface area (Å²) in [5, 5.41) is 9.00. The highest BCUT2D eigenvalue weighted by Crippen LogP contribution is 2.28. The van der Waals surface area contributed by atoms with E-state index in [1.807, 2.05) is 12.1 Å². The van der Waals surface area contributed by atoms with Crippen LogP contribution < -0.4 is 4.90 Å². The van der Waals surface area contributed by atoms with Crippen molar-refractivity contribution in [3.63, 3.8) is 0 Å². The molecule has 0 spiro atoms. The van der Waals surface area contributed by atoms with Crippen molar-refractivity contribution in [2.75, 3.05) is 18.0 Å². The topological polar surface area (TPSA) is 40.5 Å². The molecule has 98 valence electrons. The standard InChI is InChI=1S/C15H21NO2/c1-11(2)12-6-8-16(9-7-12)14-5-3-4-13(10-14)15(17)18/h3-5,10-12H,6-9H2,1-2H3,(H,17,18). The fourth-order valence-electron chi connectivity index (χ4n) is 2.66. The second-order valence-electron chi connectivity index (χ2n) is 5.42. The summed E-state index contributed by atoms with van der Waals surface area (Å²) in [6.07, 6.45) is 2.41. The van der Waals surface area contributed by atoms with E-state index in [1.54, 1.807) is 12.1 Å². The molecule has 1 aromatic rings.